The Labute approximate surface area is 165 Å². The molecule has 0 saturated carbocycles. The number of ether oxygens (including phenoxy) is 2. The van der Waals surface area contributed by atoms with Crippen LogP contribution in [-0.4, -0.2) is 22.2 Å². The molecule has 8 nitrogen and oxygen atoms in total. The number of hydrogen-bond acceptors (Lipinski definition) is 7. The summed E-state index contributed by atoms with van der Waals surface area (Å²) in [4.78, 5) is 15.1. The highest BCUT2D eigenvalue weighted by Crippen LogP contribution is 2.36. The van der Waals surface area contributed by atoms with Gasteiger partial charge in [-0.15, -0.1) is 0 Å². The number of methoxy groups -OCH3 is 1. The molecule has 0 fully saturated rings. The van der Waals surface area contributed by atoms with E-state index < -0.39 is 4.92 Å². The van der Waals surface area contributed by atoms with E-state index in [2.05, 4.69) is 10.1 Å². The Morgan fingerprint density at radius 1 is 0.966 bits per heavy atom. The van der Waals surface area contributed by atoms with E-state index in [0.29, 0.717) is 28.6 Å². The molecule has 29 heavy (non-hydrogen) atoms. The summed E-state index contributed by atoms with van der Waals surface area (Å²) >= 11 is 0. The van der Waals surface area contributed by atoms with E-state index in [9.17, 15) is 10.1 Å². The molecule has 0 aliphatic rings. The topological polar surface area (TPSA) is 101 Å². The van der Waals surface area contributed by atoms with Crippen molar-refractivity contribution >= 4 is 5.69 Å². The zero-order valence-corrected chi connectivity index (χ0v) is 15.3. The van der Waals surface area contributed by atoms with Gasteiger partial charge in [0.2, 0.25) is 5.82 Å². The summed E-state index contributed by atoms with van der Waals surface area (Å²) in [6.45, 7) is 0. The standard InChI is InChI=1S/C21H15N3O5/c1-27-16-8-10-17(11-9-16)28-19-12-7-15(24(25)26)13-18(19)21-22-20(23-29-21)14-5-3-2-4-6-14/h2-13H,1H3. The molecule has 8 heteroatoms. The van der Waals surface area contributed by atoms with E-state index in [1.165, 1.54) is 18.2 Å². The van der Waals surface area contributed by atoms with Crippen LogP contribution in [0.3, 0.4) is 0 Å². The summed E-state index contributed by atoms with van der Waals surface area (Å²) in [5.74, 6) is 2.07. The molecule has 0 saturated heterocycles. The van der Waals surface area contributed by atoms with E-state index in [4.69, 9.17) is 14.0 Å². The Hall–Kier alpha value is -4.20. The maximum Gasteiger partial charge on any atom is 0.270 e. The molecule has 0 bridgehead atoms. The van der Waals surface area contributed by atoms with E-state index in [0.717, 1.165) is 5.56 Å². The zero-order valence-electron chi connectivity index (χ0n) is 15.3. The second-order valence-corrected chi connectivity index (χ2v) is 6.00. The van der Waals surface area contributed by atoms with Crippen molar-refractivity contribution in [2.45, 2.75) is 0 Å². The molecule has 0 atom stereocenters. The lowest BCUT2D eigenvalue weighted by molar-refractivity contribution is -0.384. The van der Waals surface area contributed by atoms with Gasteiger partial charge in [0.25, 0.3) is 11.6 Å². The third kappa shape index (κ3) is 3.91. The van der Waals surface area contributed by atoms with Gasteiger partial charge in [0, 0.05) is 17.7 Å². The van der Waals surface area contributed by atoms with Gasteiger partial charge in [-0.2, -0.15) is 4.98 Å². The van der Waals surface area contributed by atoms with Crippen molar-refractivity contribution < 1.29 is 18.9 Å². The lowest BCUT2D eigenvalue weighted by Gasteiger charge is -2.09. The van der Waals surface area contributed by atoms with Gasteiger partial charge in [0.15, 0.2) is 0 Å². The minimum absolute atomic E-state index is 0.110. The molecule has 4 aromatic rings. The largest absolute Gasteiger partial charge is 0.497 e. The number of nitro benzene ring substituents is 1. The Bertz CT molecular complexity index is 1140. The molecule has 0 radical (unpaired) electrons. The first-order valence-electron chi connectivity index (χ1n) is 8.64. The predicted molar refractivity (Wildman–Crippen MR) is 105 cm³/mol. The Morgan fingerprint density at radius 2 is 1.69 bits per heavy atom. The van der Waals surface area contributed by atoms with Gasteiger partial charge in [-0.3, -0.25) is 10.1 Å². The number of aromatic nitrogens is 2. The fourth-order valence-corrected chi connectivity index (χ4v) is 2.70. The van der Waals surface area contributed by atoms with Crippen LogP contribution < -0.4 is 9.47 Å². The van der Waals surface area contributed by atoms with Crippen LogP contribution in [0.2, 0.25) is 0 Å². The zero-order chi connectivity index (χ0) is 20.2. The van der Waals surface area contributed by atoms with Gasteiger partial charge >= 0.3 is 0 Å². The van der Waals surface area contributed by atoms with Crippen molar-refractivity contribution in [3.63, 3.8) is 0 Å². The monoisotopic (exact) mass is 389 g/mol. The third-order valence-electron chi connectivity index (χ3n) is 4.15. The van der Waals surface area contributed by atoms with Crippen LogP contribution in [0.15, 0.2) is 77.3 Å². The van der Waals surface area contributed by atoms with Gasteiger partial charge < -0.3 is 14.0 Å². The Balaban J connectivity index is 1.73. The molecular formula is C21H15N3O5. The molecule has 144 valence electrons. The van der Waals surface area contributed by atoms with E-state index >= 15 is 0 Å². The summed E-state index contributed by atoms with van der Waals surface area (Å²) in [6.07, 6.45) is 0. The van der Waals surface area contributed by atoms with Crippen molar-refractivity contribution in [3.8, 4) is 40.1 Å². The van der Waals surface area contributed by atoms with Gasteiger partial charge in [-0.25, -0.2) is 0 Å². The van der Waals surface area contributed by atoms with Crippen molar-refractivity contribution in [2.24, 2.45) is 0 Å². The Kier molecular flexibility index (Phi) is 4.90. The van der Waals surface area contributed by atoms with Crippen LogP contribution in [-0.2, 0) is 0 Å². The van der Waals surface area contributed by atoms with Gasteiger partial charge in [-0.1, -0.05) is 35.5 Å². The van der Waals surface area contributed by atoms with Crippen LogP contribution in [0.1, 0.15) is 0 Å². The van der Waals surface area contributed by atoms with Crippen molar-refractivity contribution in [2.75, 3.05) is 7.11 Å². The average molecular weight is 389 g/mol. The summed E-state index contributed by atoms with van der Waals surface area (Å²) in [5.41, 5.74) is 0.983. The molecule has 1 heterocycles. The molecule has 3 aromatic carbocycles. The van der Waals surface area contributed by atoms with Crippen molar-refractivity contribution in [1.82, 2.24) is 10.1 Å². The van der Waals surface area contributed by atoms with Crippen LogP contribution in [0, 0.1) is 10.1 Å². The smallest absolute Gasteiger partial charge is 0.270 e. The molecular weight excluding hydrogens is 374 g/mol. The van der Waals surface area contributed by atoms with Gasteiger partial charge in [-0.05, 0) is 30.3 Å². The molecule has 0 aliphatic heterocycles. The third-order valence-corrected chi connectivity index (χ3v) is 4.15. The lowest BCUT2D eigenvalue weighted by atomic mass is 10.1. The van der Waals surface area contributed by atoms with Crippen LogP contribution in [0.5, 0.6) is 17.2 Å². The fourth-order valence-electron chi connectivity index (χ4n) is 2.70. The highest BCUT2D eigenvalue weighted by Gasteiger charge is 2.20. The normalized spacial score (nSPS) is 10.5. The van der Waals surface area contributed by atoms with Crippen LogP contribution in [0.25, 0.3) is 22.8 Å². The quantitative estimate of drug-likeness (QED) is 0.333. The second kappa shape index (κ2) is 7.81. The number of hydrogen-bond donors (Lipinski definition) is 0. The first-order valence-corrected chi connectivity index (χ1v) is 8.64. The Morgan fingerprint density at radius 3 is 2.38 bits per heavy atom. The highest BCUT2D eigenvalue weighted by atomic mass is 16.6. The molecule has 0 spiro atoms. The first kappa shape index (κ1) is 18.2. The lowest BCUT2D eigenvalue weighted by Crippen LogP contribution is -1.93. The minimum Gasteiger partial charge on any atom is -0.497 e. The fraction of sp³-hybridized carbons (Fsp3) is 0.0476. The van der Waals surface area contributed by atoms with E-state index in [-0.39, 0.29) is 11.6 Å². The maximum absolute atomic E-state index is 11.2. The second-order valence-electron chi connectivity index (χ2n) is 6.00. The molecule has 0 N–H and O–H groups in total. The number of nitro groups is 1. The summed E-state index contributed by atoms with van der Waals surface area (Å²) in [5, 5.41) is 15.2. The molecule has 4 rings (SSSR count). The van der Waals surface area contributed by atoms with Crippen molar-refractivity contribution in [3.05, 3.63) is 82.9 Å². The molecule has 0 unspecified atom stereocenters. The van der Waals surface area contributed by atoms with Crippen LogP contribution in [0.4, 0.5) is 5.69 Å². The number of non-ortho nitro benzene ring substituents is 1. The molecule has 1 aromatic heterocycles. The molecule has 0 aliphatic carbocycles. The van der Waals surface area contributed by atoms with Crippen molar-refractivity contribution in [1.29, 1.82) is 0 Å². The summed E-state index contributed by atoms with van der Waals surface area (Å²) in [7, 11) is 1.57. The number of nitrogens with zero attached hydrogens (tertiary/aromatic N) is 3. The number of rotatable bonds is 6. The summed E-state index contributed by atoms with van der Waals surface area (Å²) < 4.78 is 16.4. The highest BCUT2D eigenvalue weighted by molar-refractivity contribution is 5.68. The predicted octanol–water partition coefficient (Wildman–Crippen LogP) is 5.11. The van der Waals surface area contributed by atoms with Crippen LogP contribution >= 0.6 is 0 Å². The molecule has 0 amide bonds. The van der Waals surface area contributed by atoms with Gasteiger partial charge in [0.05, 0.1) is 17.6 Å². The van der Waals surface area contributed by atoms with Gasteiger partial charge in [0.1, 0.15) is 17.2 Å². The maximum atomic E-state index is 11.2. The van der Waals surface area contributed by atoms with E-state index in [1.54, 1.807) is 31.4 Å². The number of benzene rings is 3. The van der Waals surface area contributed by atoms with E-state index in [1.807, 2.05) is 30.3 Å². The minimum atomic E-state index is -0.491. The SMILES string of the molecule is COc1ccc(Oc2ccc([N+](=O)[O-])cc2-c2nc(-c3ccccc3)no2)cc1. The summed E-state index contributed by atoms with van der Waals surface area (Å²) in [6, 6.07) is 20.5. The average Bonchev–Trinajstić information content (AvgIpc) is 3.25. The first-order chi connectivity index (χ1) is 14.1.